The molecule has 0 nitrogen and oxygen atoms in total. The van der Waals surface area contributed by atoms with Crippen LogP contribution >= 0.6 is 0 Å². The molecule has 0 aromatic heterocycles. The molecule has 1 fully saturated rings. The van der Waals surface area contributed by atoms with Crippen LogP contribution in [0.4, 0.5) is 0 Å². The van der Waals surface area contributed by atoms with Crippen LogP contribution in [0.15, 0.2) is 24.3 Å². The van der Waals surface area contributed by atoms with Crippen molar-refractivity contribution >= 4 is 0 Å². The first-order chi connectivity index (χ1) is 10.8. The Morgan fingerprint density at radius 1 is 0.667 bits per heavy atom. The number of hydrogen-bond donors (Lipinski definition) is 0. The monoisotopic (exact) mass is 332 g/mol. The molecule has 24 heavy (non-hydrogen) atoms. The molecule has 1 aromatic rings. The van der Waals surface area contributed by atoms with Crippen molar-refractivity contribution in [2.24, 2.45) is 23.7 Å². The molecule has 0 bridgehead atoms. The fourth-order valence-electron chi connectivity index (χ4n) is 4.24. The van der Waals surface area contributed by atoms with Gasteiger partial charge < -0.3 is 0 Å². The van der Waals surface area contributed by atoms with Crippen LogP contribution in [-0.2, 0) is 0 Å². The first-order valence-corrected chi connectivity index (χ1v) is 9.84. The summed E-state index contributed by atoms with van der Waals surface area (Å²) in [5.41, 5.74) is 2.99. The lowest BCUT2D eigenvalue weighted by Crippen LogP contribution is -2.18. The Morgan fingerprint density at radius 3 is 1.25 bits per heavy atom. The van der Waals surface area contributed by atoms with Gasteiger partial charge in [-0.2, -0.15) is 0 Å². The fourth-order valence-corrected chi connectivity index (χ4v) is 4.24. The summed E-state index contributed by atoms with van der Waals surface area (Å²) in [6.45, 7) is 18.5. The predicted molar refractivity (Wildman–Crippen MR) is 112 cm³/mol. The Kier molecular flexibility index (Phi) is 10.6. The van der Waals surface area contributed by atoms with Crippen molar-refractivity contribution in [3.8, 4) is 0 Å². The van der Waals surface area contributed by atoms with Crippen LogP contribution in [0.5, 0.6) is 0 Å². The first kappa shape index (κ1) is 23.2. The molecule has 1 aromatic carbocycles. The van der Waals surface area contributed by atoms with E-state index in [0.29, 0.717) is 11.8 Å². The minimum atomic E-state index is 0. The van der Waals surface area contributed by atoms with E-state index in [9.17, 15) is 0 Å². The average molecular weight is 333 g/mol. The van der Waals surface area contributed by atoms with Crippen LogP contribution in [-0.4, -0.2) is 0 Å². The molecule has 0 aliphatic heterocycles. The molecule has 2 atom stereocenters. The maximum absolute atomic E-state index is 2.38. The normalized spacial score (nSPS) is 20.3. The van der Waals surface area contributed by atoms with E-state index in [0.717, 1.165) is 23.7 Å². The lowest BCUT2D eigenvalue weighted by molar-refractivity contribution is 0.235. The zero-order valence-electron chi connectivity index (χ0n) is 16.9. The van der Waals surface area contributed by atoms with E-state index in [1.165, 1.54) is 30.4 Å². The summed E-state index contributed by atoms with van der Waals surface area (Å²) in [7, 11) is 0. The van der Waals surface area contributed by atoms with Crippen LogP contribution in [0.25, 0.3) is 0 Å². The van der Waals surface area contributed by atoms with Crippen LogP contribution in [0.1, 0.15) is 105 Å². The van der Waals surface area contributed by atoms with Gasteiger partial charge in [0.05, 0.1) is 0 Å². The van der Waals surface area contributed by atoms with Gasteiger partial charge in [0.1, 0.15) is 0 Å². The highest BCUT2D eigenvalue weighted by Gasteiger charge is 2.31. The number of hydrogen-bond acceptors (Lipinski definition) is 0. The minimum absolute atomic E-state index is 0. The fraction of sp³-hybridized carbons (Fsp3) is 0.750. The third-order valence-corrected chi connectivity index (χ3v) is 5.58. The smallest absolute Gasteiger partial charge is 0.0216 e. The second-order valence-electron chi connectivity index (χ2n) is 8.68. The summed E-state index contributed by atoms with van der Waals surface area (Å²) in [6.07, 6.45) is 4.45. The van der Waals surface area contributed by atoms with Crippen molar-refractivity contribution in [1.29, 1.82) is 0 Å². The van der Waals surface area contributed by atoms with Crippen molar-refractivity contribution < 1.29 is 0 Å². The van der Waals surface area contributed by atoms with Crippen LogP contribution in [0.2, 0.25) is 0 Å². The standard InChI is InChI=1S/C12H18.C11H22.CH4/c1-9(2)11-7-5-6-8-12(11)10(3)4;1-8(2)10-6-5-7-11(10)9(3)4;/h5-10H,1-4H3;8-11H,5-7H2,1-4H3;1H4. The third kappa shape index (κ3) is 6.61. The van der Waals surface area contributed by atoms with Crippen molar-refractivity contribution in [2.45, 2.75) is 93.9 Å². The van der Waals surface area contributed by atoms with Gasteiger partial charge in [-0.05, 0) is 59.5 Å². The molecule has 0 N–H and O–H groups in total. The van der Waals surface area contributed by atoms with E-state index < -0.39 is 0 Å². The lowest BCUT2D eigenvalue weighted by Gasteiger charge is -2.26. The summed E-state index contributed by atoms with van der Waals surface area (Å²) < 4.78 is 0. The van der Waals surface area contributed by atoms with E-state index in [1.54, 1.807) is 0 Å². The highest BCUT2D eigenvalue weighted by atomic mass is 14.4. The molecular weight excluding hydrogens is 288 g/mol. The number of rotatable bonds is 4. The van der Waals surface area contributed by atoms with Gasteiger partial charge in [-0.15, -0.1) is 0 Å². The van der Waals surface area contributed by atoms with Crippen molar-refractivity contribution in [3.63, 3.8) is 0 Å². The van der Waals surface area contributed by atoms with Gasteiger partial charge in [0, 0.05) is 0 Å². The molecule has 2 unspecified atom stereocenters. The third-order valence-electron chi connectivity index (χ3n) is 5.58. The SMILES string of the molecule is C.CC(C)C1CCCC1C(C)C.CC(C)c1ccccc1C(C)C. The quantitative estimate of drug-likeness (QED) is 0.520. The van der Waals surface area contributed by atoms with Gasteiger partial charge >= 0.3 is 0 Å². The molecule has 2 rings (SSSR count). The second kappa shape index (κ2) is 11.0. The Bertz CT molecular complexity index is 398. The topological polar surface area (TPSA) is 0 Å². The van der Waals surface area contributed by atoms with E-state index in [1.807, 2.05) is 0 Å². The zero-order valence-corrected chi connectivity index (χ0v) is 16.9. The van der Waals surface area contributed by atoms with Crippen LogP contribution < -0.4 is 0 Å². The largest absolute Gasteiger partial charge is 0.0776 e. The molecule has 140 valence electrons. The molecule has 0 heteroatoms. The highest BCUT2D eigenvalue weighted by Crippen LogP contribution is 2.40. The summed E-state index contributed by atoms with van der Waals surface area (Å²) in [5.74, 6) is 5.15. The predicted octanol–water partition coefficient (Wildman–Crippen LogP) is 8.28. The van der Waals surface area contributed by atoms with Crippen LogP contribution in [0, 0.1) is 23.7 Å². The lowest BCUT2D eigenvalue weighted by atomic mass is 9.80. The summed E-state index contributed by atoms with van der Waals surface area (Å²) in [4.78, 5) is 0. The number of benzene rings is 1. The van der Waals surface area contributed by atoms with Crippen LogP contribution in [0.3, 0.4) is 0 Å². The van der Waals surface area contributed by atoms with Gasteiger partial charge in [0.25, 0.3) is 0 Å². The Hall–Kier alpha value is -0.780. The summed E-state index contributed by atoms with van der Waals surface area (Å²) in [5, 5.41) is 0. The maximum atomic E-state index is 2.38. The average Bonchev–Trinajstić information content (AvgIpc) is 2.97. The van der Waals surface area contributed by atoms with E-state index in [4.69, 9.17) is 0 Å². The Labute approximate surface area is 153 Å². The van der Waals surface area contributed by atoms with E-state index in [-0.39, 0.29) is 7.43 Å². The molecule has 0 heterocycles. The van der Waals surface area contributed by atoms with Crippen molar-refractivity contribution in [2.75, 3.05) is 0 Å². The van der Waals surface area contributed by atoms with Gasteiger partial charge in [0.15, 0.2) is 0 Å². The van der Waals surface area contributed by atoms with Crippen molar-refractivity contribution in [3.05, 3.63) is 35.4 Å². The molecule has 1 saturated carbocycles. The zero-order chi connectivity index (χ0) is 17.6. The second-order valence-corrected chi connectivity index (χ2v) is 8.68. The molecular formula is C24H44. The van der Waals surface area contributed by atoms with E-state index in [2.05, 4.69) is 79.7 Å². The van der Waals surface area contributed by atoms with Gasteiger partial charge in [0.2, 0.25) is 0 Å². The highest BCUT2D eigenvalue weighted by molar-refractivity contribution is 5.31. The molecule has 0 spiro atoms. The minimum Gasteiger partial charge on any atom is -0.0776 e. The summed E-state index contributed by atoms with van der Waals surface area (Å²) >= 11 is 0. The molecule has 0 amide bonds. The first-order valence-electron chi connectivity index (χ1n) is 9.84. The van der Waals surface area contributed by atoms with Gasteiger partial charge in [-0.1, -0.05) is 93.5 Å². The van der Waals surface area contributed by atoms with Crippen molar-refractivity contribution in [1.82, 2.24) is 0 Å². The Morgan fingerprint density at radius 2 is 1.00 bits per heavy atom. The maximum Gasteiger partial charge on any atom is -0.0216 e. The van der Waals surface area contributed by atoms with Gasteiger partial charge in [-0.25, -0.2) is 0 Å². The van der Waals surface area contributed by atoms with E-state index >= 15 is 0 Å². The summed E-state index contributed by atoms with van der Waals surface area (Å²) in [6, 6.07) is 8.72. The van der Waals surface area contributed by atoms with Gasteiger partial charge in [-0.3, -0.25) is 0 Å². The Balaban J connectivity index is 0.000000425. The molecule has 1 aliphatic carbocycles. The molecule has 0 saturated heterocycles. The molecule has 0 radical (unpaired) electrons. The molecule has 1 aliphatic rings.